The number of ether oxygens (including phenoxy) is 7. The number of hydrogen-bond acceptors (Lipinski definition) is 18. The van der Waals surface area contributed by atoms with Gasteiger partial charge >= 0.3 is 5.97 Å². The van der Waals surface area contributed by atoms with Gasteiger partial charge in [0.05, 0.1) is 71.8 Å². The van der Waals surface area contributed by atoms with Crippen LogP contribution in [0.5, 0.6) is 0 Å². The van der Waals surface area contributed by atoms with Crippen LogP contribution in [-0.4, -0.2) is 175 Å². The van der Waals surface area contributed by atoms with Gasteiger partial charge in [-0.2, -0.15) is 8.42 Å². The first-order chi connectivity index (χ1) is 30.0. The highest BCUT2D eigenvalue weighted by Crippen LogP contribution is 2.41. The first-order valence-corrected chi connectivity index (χ1v) is 24.1. The standard InChI is InChI=1S/C46H77NO17S/c1-15-32-46(11,54)39(50)26(4)35(48)25(3)22-44(9,53)41(27(5)37(28(6)42(52)62-32)63-33-23-45(10,57-14)40(51)30(8)60-33)64-43-36(49)34(47(12)13)38(29(7)61-43)58-20-21-59-65(55,56)31-18-16-24(2)17-19-31/h16-19,25-30,32-34,36-41,43,49-51,53-54H,15,20-23H2,1-14H3/t25-,26+,27+,28-,29-,30+,32-,33+,34?,36-,37+,38-,39-,40+,41-,43+,44-,45-,46-/m1/s1. The van der Waals surface area contributed by atoms with E-state index in [9.17, 15) is 43.5 Å². The number of rotatable bonds is 13. The molecule has 4 rings (SSSR count). The van der Waals surface area contributed by atoms with Gasteiger partial charge in [0.15, 0.2) is 12.6 Å². The van der Waals surface area contributed by atoms with Crippen molar-refractivity contribution in [3.8, 4) is 0 Å². The van der Waals surface area contributed by atoms with Gasteiger partial charge in [0, 0.05) is 31.3 Å². The molecule has 3 fully saturated rings. The van der Waals surface area contributed by atoms with Crippen molar-refractivity contribution in [2.45, 2.75) is 191 Å². The predicted molar refractivity (Wildman–Crippen MR) is 236 cm³/mol. The van der Waals surface area contributed by atoms with E-state index in [2.05, 4.69) is 0 Å². The van der Waals surface area contributed by atoms with Crippen molar-refractivity contribution in [1.29, 1.82) is 0 Å². The lowest BCUT2D eigenvalue weighted by Gasteiger charge is -2.50. The highest BCUT2D eigenvalue weighted by atomic mass is 32.2. The Kier molecular flexibility index (Phi) is 18.8. The van der Waals surface area contributed by atoms with Crippen molar-refractivity contribution in [3.05, 3.63) is 29.8 Å². The van der Waals surface area contributed by atoms with Gasteiger partial charge in [0.1, 0.15) is 35.8 Å². The van der Waals surface area contributed by atoms with Crippen LogP contribution in [0.3, 0.4) is 0 Å². The molecule has 19 atom stereocenters. The third-order valence-electron chi connectivity index (χ3n) is 13.9. The fraction of sp³-hybridized carbons (Fsp3) is 0.826. The molecule has 3 aliphatic heterocycles. The topological polar surface area (TPSA) is 247 Å². The molecule has 18 nitrogen and oxygen atoms in total. The number of cyclic esters (lactones) is 1. The second-order valence-corrected chi connectivity index (χ2v) is 21.1. The molecular weight excluding hydrogens is 871 g/mol. The molecule has 0 aromatic heterocycles. The van der Waals surface area contributed by atoms with Crippen molar-refractivity contribution in [2.24, 2.45) is 23.7 Å². The quantitative estimate of drug-likeness (QED) is 0.108. The minimum absolute atomic E-state index is 0.00176. The summed E-state index contributed by atoms with van der Waals surface area (Å²) in [7, 11) is 0.814. The van der Waals surface area contributed by atoms with Crippen LogP contribution < -0.4 is 0 Å². The van der Waals surface area contributed by atoms with Gasteiger partial charge in [-0.05, 0) is 87.5 Å². The molecule has 0 bridgehead atoms. The summed E-state index contributed by atoms with van der Waals surface area (Å²) >= 11 is 0. The maximum Gasteiger partial charge on any atom is 0.311 e. The van der Waals surface area contributed by atoms with Gasteiger partial charge < -0.3 is 63.6 Å². The number of hydrogen-bond donors (Lipinski definition) is 5. The number of carbonyl (C=O) groups is 2. The Hall–Kier alpha value is -2.21. The van der Waals surface area contributed by atoms with Crippen LogP contribution in [0.25, 0.3) is 0 Å². The summed E-state index contributed by atoms with van der Waals surface area (Å²) in [5.41, 5.74) is -4.23. The van der Waals surface area contributed by atoms with E-state index in [4.69, 9.17) is 37.3 Å². The first kappa shape index (κ1) is 55.4. The number of ketones is 1. The molecule has 0 amide bonds. The molecule has 374 valence electrons. The lowest BCUT2D eigenvalue weighted by molar-refractivity contribution is -0.329. The maximum absolute atomic E-state index is 14.3. The lowest BCUT2D eigenvalue weighted by atomic mass is 9.74. The smallest absolute Gasteiger partial charge is 0.311 e. The molecule has 0 spiro atoms. The first-order valence-electron chi connectivity index (χ1n) is 22.7. The molecule has 0 aliphatic carbocycles. The van der Waals surface area contributed by atoms with E-state index in [-0.39, 0.29) is 37.4 Å². The average molecular weight is 948 g/mol. The van der Waals surface area contributed by atoms with E-state index < -0.39 is 136 Å². The van der Waals surface area contributed by atoms with Crippen molar-refractivity contribution >= 4 is 21.9 Å². The molecule has 0 saturated carbocycles. The lowest BCUT2D eigenvalue weighted by Crippen LogP contribution is -2.65. The molecule has 0 radical (unpaired) electrons. The van der Waals surface area contributed by atoms with E-state index >= 15 is 0 Å². The van der Waals surface area contributed by atoms with Gasteiger partial charge in [0.2, 0.25) is 0 Å². The fourth-order valence-corrected chi connectivity index (χ4v) is 10.7. The molecule has 65 heavy (non-hydrogen) atoms. The van der Waals surface area contributed by atoms with E-state index in [1.807, 2.05) is 6.92 Å². The summed E-state index contributed by atoms with van der Waals surface area (Å²) in [5.74, 6) is -5.51. The number of esters is 1. The molecule has 5 N–H and O–H groups in total. The third-order valence-corrected chi connectivity index (χ3v) is 15.2. The normalized spacial score (nSPS) is 43.0. The fourth-order valence-electron chi connectivity index (χ4n) is 9.80. The van der Waals surface area contributed by atoms with E-state index in [1.54, 1.807) is 79.6 Å². The SMILES string of the molecule is CC[C@H]1OC(=O)[C@H](C)[C@@H](O[C@H]2C[C@@](C)(OC)[C@@H](O)[C@H](C)O2)[C@H](C)[C@@H](O[C@@H]2O[C@H](C)[C@@H](OCCOS(=O)(=O)c3ccc(C)cc3)C(N(C)C)[C@H]2O)[C@](C)(O)C[C@@H](C)C(=O)[C@H](C)[C@@H](O)[C@]1(C)O. The van der Waals surface area contributed by atoms with Crippen LogP contribution in [-0.2, 0) is 57.0 Å². The van der Waals surface area contributed by atoms with Crippen LogP contribution in [0.4, 0.5) is 0 Å². The zero-order valence-corrected chi connectivity index (χ0v) is 41.4. The predicted octanol–water partition coefficient (Wildman–Crippen LogP) is 2.49. The molecule has 3 aliphatic rings. The van der Waals surface area contributed by atoms with Gasteiger partial charge in [-0.25, -0.2) is 0 Å². The highest BCUT2D eigenvalue weighted by molar-refractivity contribution is 7.86. The number of aryl methyl sites for hydroxylation is 1. The largest absolute Gasteiger partial charge is 0.459 e. The molecule has 1 unspecified atom stereocenters. The van der Waals surface area contributed by atoms with Gasteiger partial charge in [0.25, 0.3) is 10.1 Å². The Morgan fingerprint density at radius 1 is 0.831 bits per heavy atom. The number of benzene rings is 1. The van der Waals surface area contributed by atoms with Gasteiger partial charge in [-0.3, -0.25) is 13.8 Å². The van der Waals surface area contributed by atoms with Gasteiger partial charge in [-0.15, -0.1) is 0 Å². The number of aliphatic hydroxyl groups is 5. The number of nitrogens with zero attached hydrogens (tertiary/aromatic N) is 1. The van der Waals surface area contributed by atoms with Crippen LogP contribution in [0.1, 0.15) is 94.1 Å². The van der Waals surface area contributed by atoms with Gasteiger partial charge in [-0.1, -0.05) is 45.4 Å². The Morgan fingerprint density at radius 3 is 2.02 bits per heavy atom. The summed E-state index contributed by atoms with van der Waals surface area (Å²) in [4.78, 5) is 30.0. The van der Waals surface area contributed by atoms with Crippen LogP contribution in [0.15, 0.2) is 29.2 Å². The minimum atomic E-state index is -4.07. The van der Waals surface area contributed by atoms with Crippen LogP contribution in [0, 0.1) is 30.6 Å². The van der Waals surface area contributed by atoms with E-state index in [0.717, 1.165) is 5.56 Å². The zero-order chi connectivity index (χ0) is 49.1. The van der Waals surface area contributed by atoms with Crippen molar-refractivity contribution < 1.29 is 80.9 Å². The molecule has 1 aromatic carbocycles. The summed E-state index contributed by atoms with van der Waals surface area (Å²) in [5, 5.41) is 58.9. The second kappa shape index (κ2) is 22.0. The summed E-state index contributed by atoms with van der Waals surface area (Å²) in [6.07, 6.45) is -13.0. The second-order valence-electron chi connectivity index (χ2n) is 19.5. The number of Topliss-reactive ketones (excluding diaryl/α,β-unsaturated/α-hetero) is 1. The minimum Gasteiger partial charge on any atom is -0.459 e. The Bertz CT molecular complexity index is 1830. The van der Waals surface area contributed by atoms with Crippen molar-refractivity contribution in [1.82, 2.24) is 4.90 Å². The average Bonchev–Trinajstić information content (AvgIpc) is 3.23. The Labute approximate surface area is 385 Å². The van der Waals surface area contributed by atoms with Crippen molar-refractivity contribution in [2.75, 3.05) is 34.4 Å². The number of methoxy groups -OCH3 is 1. The molecular formula is C46H77NO17S. The highest BCUT2D eigenvalue weighted by Gasteiger charge is 2.54. The number of aliphatic hydroxyl groups excluding tert-OH is 3. The van der Waals surface area contributed by atoms with Crippen molar-refractivity contribution in [3.63, 3.8) is 0 Å². The summed E-state index contributed by atoms with van der Waals surface area (Å²) in [6.45, 7) is 17.1. The number of carbonyl (C=O) groups excluding carboxylic acids is 2. The Morgan fingerprint density at radius 2 is 1.45 bits per heavy atom. The third kappa shape index (κ3) is 12.5. The van der Waals surface area contributed by atoms with E-state index in [1.165, 1.54) is 40.0 Å². The summed E-state index contributed by atoms with van der Waals surface area (Å²) in [6, 6.07) is 5.42. The molecule has 1 aromatic rings. The summed E-state index contributed by atoms with van der Waals surface area (Å²) < 4.78 is 74.6. The van der Waals surface area contributed by atoms with Crippen LogP contribution in [0.2, 0.25) is 0 Å². The molecule has 3 saturated heterocycles. The molecule has 3 heterocycles. The zero-order valence-electron chi connectivity index (χ0n) is 40.6. The monoisotopic (exact) mass is 947 g/mol. The number of likely N-dealkylation sites (N-methyl/N-ethyl adjacent to an activating group) is 1. The Balaban J connectivity index is 1.72. The maximum atomic E-state index is 14.3. The molecule has 19 heteroatoms. The van der Waals surface area contributed by atoms with E-state index in [0.29, 0.717) is 0 Å². The van der Waals surface area contributed by atoms with Crippen LogP contribution >= 0.6 is 0 Å².